The zero-order chi connectivity index (χ0) is 17.4. The molecule has 1 aromatic rings. The highest BCUT2D eigenvalue weighted by molar-refractivity contribution is 5.99. The number of carbonyl (C=O) groups is 3. The Morgan fingerprint density at radius 1 is 1.21 bits per heavy atom. The molecule has 0 saturated heterocycles. The molecule has 1 aromatic heterocycles. The van der Waals surface area contributed by atoms with Crippen molar-refractivity contribution in [1.82, 2.24) is 4.57 Å². The van der Waals surface area contributed by atoms with Crippen LogP contribution in [0.1, 0.15) is 53.8 Å². The minimum Gasteiger partial charge on any atom is -0.457 e. The lowest BCUT2D eigenvalue weighted by atomic mass is 9.67. The minimum absolute atomic E-state index is 0.0183. The van der Waals surface area contributed by atoms with Gasteiger partial charge in [-0.25, -0.2) is 0 Å². The standard InChI is InChI=1S/C19H25NO4/c1-11-7-16(12(2)20(11)3)17(21)10-24-19(23)15-8-13-5-4-6-14(9-15)18(13)22/h7,13-15H,4-6,8-10H2,1-3H3/t13-,14-/m1/s1. The smallest absolute Gasteiger partial charge is 0.309 e. The highest BCUT2D eigenvalue weighted by Crippen LogP contribution is 2.40. The Hall–Kier alpha value is -1.91. The number of aryl methyl sites for hydroxylation is 1. The average Bonchev–Trinajstić information content (AvgIpc) is 2.79. The van der Waals surface area contributed by atoms with E-state index in [0.29, 0.717) is 24.2 Å². The van der Waals surface area contributed by atoms with E-state index < -0.39 is 0 Å². The van der Waals surface area contributed by atoms with Crippen LogP contribution < -0.4 is 0 Å². The normalized spacial score (nSPS) is 26.3. The molecule has 0 amide bonds. The van der Waals surface area contributed by atoms with E-state index in [1.807, 2.05) is 31.5 Å². The first kappa shape index (κ1) is 16.9. The van der Waals surface area contributed by atoms with E-state index in [-0.39, 0.29) is 36.1 Å². The molecule has 130 valence electrons. The van der Waals surface area contributed by atoms with Crippen molar-refractivity contribution in [2.45, 2.75) is 46.0 Å². The summed E-state index contributed by atoms with van der Waals surface area (Å²) < 4.78 is 7.24. The van der Waals surface area contributed by atoms with Crippen molar-refractivity contribution in [3.63, 3.8) is 0 Å². The summed E-state index contributed by atoms with van der Waals surface area (Å²) in [6.07, 6.45) is 4.03. The summed E-state index contributed by atoms with van der Waals surface area (Å²) >= 11 is 0. The molecule has 1 heterocycles. The third-order valence-electron chi connectivity index (χ3n) is 5.80. The summed E-state index contributed by atoms with van der Waals surface area (Å²) in [7, 11) is 1.91. The quantitative estimate of drug-likeness (QED) is 0.628. The van der Waals surface area contributed by atoms with Crippen LogP contribution in [0.4, 0.5) is 0 Å². The lowest BCUT2D eigenvalue weighted by Gasteiger charge is -2.36. The Balaban J connectivity index is 1.58. The van der Waals surface area contributed by atoms with Gasteiger partial charge in [-0.3, -0.25) is 14.4 Å². The molecule has 2 aliphatic rings. The van der Waals surface area contributed by atoms with Crippen LogP contribution in [0.5, 0.6) is 0 Å². The third-order valence-corrected chi connectivity index (χ3v) is 5.80. The monoisotopic (exact) mass is 331 g/mol. The summed E-state index contributed by atoms with van der Waals surface area (Å²) in [5.74, 6) is -0.356. The minimum atomic E-state index is -0.321. The van der Waals surface area contributed by atoms with Gasteiger partial charge in [0.1, 0.15) is 5.78 Å². The van der Waals surface area contributed by atoms with Crippen LogP contribution in [0.25, 0.3) is 0 Å². The molecule has 2 saturated carbocycles. The van der Waals surface area contributed by atoms with Gasteiger partial charge >= 0.3 is 5.97 Å². The Morgan fingerprint density at radius 2 is 1.83 bits per heavy atom. The number of rotatable bonds is 4. The lowest BCUT2D eigenvalue weighted by Crippen LogP contribution is -2.39. The van der Waals surface area contributed by atoms with Crippen molar-refractivity contribution in [1.29, 1.82) is 0 Å². The largest absolute Gasteiger partial charge is 0.457 e. The third kappa shape index (κ3) is 3.04. The van der Waals surface area contributed by atoms with Gasteiger partial charge in [0.25, 0.3) is 0 Å². The van der Waals surface area contributed by atoms with E-state index in [0.717, 1.165) is 30.7 Å². The number of nitrogens with zero attached hydrogens (tertiary/aromatic N) is 1. The second-order valence-electron chi connectivity index (χ2n) is 7.27. The molecule has 2 bridgehead atoms. The zero-order valence-corrected chi connectivity index (χ0v) is 14.6. The molecule has 2 fully saturated rings. The second kappa shape index (κ2) is 6.54. The second-order valence-corrected chi connectivity index (χ2v) is 7.27. The summed E-state index contributed by atoms with van der Waals surface area (Å²) in [5, 5.41) is 0. The molecule has 0 spiro atoms. The van der Waals surface area contributed by atoms with Gasteiger partial charge in [0.2, 0.25) is 5.78 Å². The number of ketones is 2. The van der Waals surface area contributed by atoms with Gasteiger partial charge < -0.3 is 9.30 Å². The van der Waals surface area contributed by atoms with E-state index in [1.165, 1.54) is 0 Å². The van der Waals surface area contributed by atoms with Crippen LogP contribution in [-0.2, 0) is 21.4 Å². The molecule has 0 radical (unpaired) electrons. The predicted molar refractivity (Wildman–Crippen MR) is 88.7 cm³/mol. The summed E-state index contributed by atoms with van der Waals surface area (Å²) in [4.78, 5) is 36.7. The Kier molecular flexibility index (Phi) is 4.61. The molecule has 0 aliphatic heterocycles. The first-order valence-electron chi connectivity index (χ1n) is 8.75. The van der Waals surface area contributed by atoms with E-state index >= 15 is 0 Å². The first-order valence-corrected chi connectivity index (χ1v) is 8.75. The Labute approximate surface area is 142 Å². The van der Waals surface area contributed by atoms with Gasteiger partial charge in [0.15, 0.2) is 6.61 Å². The average molecular weight is 331 g/mol. The molecular formula is C19H25NO4. The number of Topliss-reactive ketones (excluding diaryl/α,β-unsaturated/α-hetero) is 2. The first-order chi connectivity index (χ1) is 11.4. The van der Waals surface area contributed by atoms with Gasteiger partial charge in [0, 0.05) is 35.8 Å². The van der Waals surface area contributed by atoms with Crippen LogP contribution in [0.2, 0.25) is 0 Å². The van der Waals surface area contributed by atoms with E-state index in [4.69, 9.17) is 4.74 Å². The highest BCUT2D eigenvalue weighted by Gasteiger charge is 2.41. The Bertz CT molecular complexity index is 672. The van der Waals surface area contributed by atoms with E-state index in [1.54, 1.807) is 0 Å². The molecule has 5 heteroatoms. The van der Waals surface area contributed by atoms with Gasteiger partial charge in [-0.1, -0.05) is 6.42 Å². The lowest BCUT2D eigenvalue weighted by molar-refractivity contribution is -0.152. The number of hydrogen-bond donors (Lipinski definition) is 0. The van der Waals surface area contributed by atoms with Crippen LogP contribution in [0, 0.1) is 31.6 Å². The number of fused-ring (bicyclic) bond motifs is 2. The molecule has 2 atom stereocenters. The summed E-state index contributed by atoms with van der Waals surface area (Å²) in [5.41, 5.74) is 2.49. The van der Waals surface area contributed by atoms with Crippen molar-refractivity contribution in [2.24, 2.45) is 24.8 Å². The van der Waals surface area contributed by atoms with Gasteiger partial charge in [0.05, 0.1) is 5.92 Å². The molecule has 0 N–H and O–H groups in total. The van der Waals surface area contributed by atoms with Crippen LogP contribution in [-0.4, -0.2) is 28.7 Å². The molecule has 0 unspecified atom stereocenters. The molecule has 5 nitrogen and oxygen atoms in total. The van der Waals surface area contributed by atoms with Crippen molar-refractivity contribution in [3.8, 4) is 0 Å². The maximum Gasteiger partial charge on any atom is 0.309 e. The number of ether oxygens (including phenoxy) is 1. The van der Waals surface area contributed by atoms with Gasteiger partial charge in [-0.05, 0) is 45.6 Å². The zero-order valence-electron chi connectivity index (χ0n) is 14.6. The van der Waals surface area contributed by atoms with Crippen molar-refractivity contribution in [3.05, 3.63) is 23.0 Å². The molecule has 0 aromatic carbocycles. The van der Waals surface area contributed by atoms with Crippen molar-refractivity contribution in [2.75, 3.05) is 6.61 Å². The van der Waals surface area contributed by atoms with Crippen LogP contribution >= 0.6 is 0 Å². The van der Waals surface area contributed by atoms with E-state index in [2.05, 4.69) is 0 Å². The van der Waals surface area contributed by atoms with Crippen molar-refractivity contribution < 1.29 is 19.1 Å². The fraction of sp³-hybridized carbons (Fsp3) is 0.632. The maximum absolute atomic E-state index is 12.3. The van der Waals surface area contributed by atoms with Crippen LogP contribution in [0.3, 0.4) is 0 Å². The van der Waals surface area contributed by atoms with Gasteiger partial charge in [-0.2, -0.15) is 0 Å². The SMILES string of the molecule is Cc1cc(C(=O)COC(=O)C2C[C@H]3CCC[C@H](C2)C3=O)c(C)n1C. The van der Waals surface area contributed by atoms with Gasteiger partial charge in [-0.15, -0.1) is 0 Å². The molecular weight excluding hydrogens is 306 g/mol. The molecule has 3 rings (SSSR count). The number of carbonyl (C=O) groups excluding carboxylic acids is 3. The summed E-state index contributed by atoms with van der Waals surface area (Å²) in [6, 6.07) is 1.83. The fourth-order valence-corrected chi connectivity index (χ4v) is 4.14. The summed E-state index contributed by atoms with van der Waals surface area (Å²) in [6.45, 7) is 3.60. The van der Waals surface area contributed by atoms with Crippen LogP contribution in [0.15, 0.2) is 6.07 Å². The molecule has 2 aliphatic carbocycles. The maximum atomic E-state index is 12.3. The highest BCUT2D eigenvalue weighted by atomic mass is 16.5. The fourth-order valence-electron chi connectivity index (χ4n) is 4.14. The van der Waals surface area contributed by atoms with E-state index in [9.17, 15) is 14.4 Å². The van der Waals surface area contributed by atoms with Crippen molar-refractivity contribution >= 4 is 17.5 Å². The number of esters is 1. The topological polar surface area (TPSA) is 65.4 Å². The number of hydrogen-bond acceptors (Lipinski definition) is 4. The predicted octanol–water partition coefficient (Wildman–Crippen LogP) is 2.76. The number of aromatic nitrogens is 1. The molecule has 24 heavy (non-hydrogen) atoms. The Morgan fingerprint density at radius 3 is 2.38 bits per heavy atom.